The molecular weight excluding hydrogens is 235 g/mol. The lowest BCUT2D eigenvalue weighted by atomic mass is 10.1. The summed E-state index contributed by atoms with van der Waals surface area (Å²) in [6.07, 6.45) is -1.40. The van der Waals surface area contributed by atoms with E-state index in [2.05, 4.69) is 21.2 Å². The summed E-state index contributed by atoms with van der Waals surface area (Å²) in [5, 5.41) is 2.56. The normalized spacial score (nSPS) is 23.9. The Balaban J connectivity index is 2.96. The minimum absolute atomic E-state index is 0.106. The SMILES string of the molecule is CNC1C=CC(Br)=C1C(F)(F)F. The monoisotopic (exact) mass is 241 g/mol. The second-order valence-electron chi connectivity index (χ2n) is 2.38. The van der Waals surface area contributed by atoms with Crippen LogP contribution in [-0.4, -0.2) is 19.3 Å². The van der Waals surface area contributed by atoms with E-state index in [-0.39, 0.29) is 4.48 Å². The van der Waals surface area contributed by atoms with E-state index in [1.54, 1.807) is 0 Å². The van der Waals surface area contributed by atoms with Gasteiger partial charge in [-0.2, -0.15) is 13.2 Å². The van der Waals surface area contributed by atoms with Crippen molar-refractivity contribution in [3.8, 4) is 0 Å². The van der Waals surface area contributed by atoms with Crippen molar-refractivity contribution in [1.29, 1.82) is 0 Å². The van der Waals surface area contributed by atoms with E-state index >= 15 is 0 Å². The molecule has 1 atom stereocenters. The Morgan fingerprint density at radius 3 is 2.42 bits per heavy atom. The molecule has 0 aromatic carbocycles. The smallest absolute Gasteiger partial charge is 0.310 e. The van der Waals surface area contributed by atoms with Gasteiger partial charge >= 0.3 is 6.18 Å². The number of alkyl halides is 3. The Bertz CT molecular complexity index is 242. The van der Waals surface area contributed by atoms with Gasteiger partial charge in [0, 0.05) is 4.48 Å². The quantitative estimate of drug-likeness (QED) is 0.744. The summed E-state index contributed by atoms with van der Waals surface area (Å²) in [6.45, 7) is 0. The van der Waals surface area contributed by atoms with Gasteiger partial charge in [-0.3, -0.25) is 0 Å². The molecular formula is C7H7BrF3N. The molecule has 1 rings (SSSR count). The molecule has 0 spiro atoms. The number of hydrogen-bond acceptors (Lipinski definition) is 1. The van der Waals surface area contributed by atoms with Crippen molar-refractivity contribution in [3.05, 3.63) is 22.2 Å². The number of nitrogens with one attached hydrogen (secondary N) is 1. The lowest BCUT2D eigenvalue weighted by molar-refractivity contribution is -0.0947. The third-order valence-electron chi connectivity index (χ3n) is 1.62. The molecule has 1 unspecified atom stereocenters. The molecule has 5 heteroatoms. The fraction of sp³-hybridized carbons (Fsp3) is 0.429. The topological polar surface area (TPSA) is 12.0 Å². The first-order valence-corrected chi connectivity index (χ1v) is 4.08. The molecule has 68 valence electrons. The summed E-state index contributed by atoms with van der Waals surface area (Å²) in [5.41, 5.74) is -0.565. The van der Waals surface area contributed by atoms with Crippen molar-refractivity contribution in [2.75, 3.05) is 7.05 Å². The van der Waals surface area contributed by atoms with Crippen molar-refractivity contribution in [3.63, 3.8) is 0 Å². The molecule has 0 saturated heterocycles. The van der Waals surface area contributed by atoms with Gasteiger partial charge in [-0.05, 0) is 13.1 Å². The maximum atomic E-state index is 12.3. The number of allylic oxidation sites excluding steroid dienone is 2. The highest BCUT2D eigenvalue weighted by atomic mass is 79.9. The standard InChI is InChI=1S/C7H7BrF3N/c1-12-5-3-2-4(8)6(5)7(9,10)11/h2-3,5,12H,1H3. The van der Waals surface area contributed by atoms with Crippen LogP contribution in [0.25, 0.3) is 0 Å². The summed E-state index contributed by atoms with van der Waals surface area (Å²) >= 11 is 2.85. The molecule has 0 heterocycles. The van der Waals surface area contributed by atoms with Gasteiger partial charge in [0.05, 0.1) is 11.6 Å². The molecule has 12 heavy (non-hydrogen) atoms. The first-order valence-electron chi connectivity index (χ1n) is 3.29. The summed E-state index contributed by atoms with van der Waals surface area (Å²) in [6, 6.07) is -0.723. The molecule has 0 bridgehead atoms. The van der Waals surface area contributed by atoms with Crippen molar-refractivity contribution in [2.24, 2.45) is 0 Å². The van der Waals surface area contributed by atoms with E-state index in [1.165, 1.54) is 19.2 Å². The van der Waals surface area contributed by atoms with Crippen molar-refractivity contribution in [2.45, 2.75) is 12.2 Å². The van der Waals surface area contributed by atoms with Gasteiger partial charge in [-0.15, -0.1) is 0 Å². The van der Waals surface area contributed by atoms with E-state index < -0.39 is 17.8 Å². The molecule has 1 aliphatic rings. The highest BCUT2D eigenvalue weighted by molar-refractivity contribution is 9.11. The van der Waals surface area contributed by atoms with Crippen LogP contribution in [0.4, 0.5) is 13.2 Å². The summed E-state index contributed by atoms with van der Waals surface area (Å²) in [4.78, 5) is 0. The summed E-state index contributed by atoms with van der Waals surface area (Å²) in [5.74, 6) is 0. The van der Waals surface area contributed by atoms with Crippen LogP contribution < -0.4 is 5.32 Å². The van der Waals surface area contributed by atoms with Gasteiger partial charge in [0.25, 0.3) is 0 Å². The molecule has 0 fully saturated rings. The predicted octanol–water partition coefficient (Wildman–Crippen LogP) is 2.36. The van der Waals surface area contributed by atoms with Gasteiger partial charge in [-0.1, -0.05) is 22.0 Å². The minimum Gasteiger partial charge on any atom is -0.310 e. The van der Waals surface area contributed by atoms with Crippen LogP contribution in [0.3, 0.4) is 0 Å². The highest BCUT2D eigenvalue weighted by Crippen LogP contribution is 2.37. The van der Waals surface area contributed by atoms with E-state index in [4.69, 9.17) is 0 Å². The number of hydrogen-bond donors (Lipinski definition) is 1. The zero-order valence-corrected chi connectivity index (χ0v) is 7.83. The third kappa shape index (κ3) is 1.72. The Morgan fingerprint density at radius 2 is 2.08 bits per heavy atom. The van der Waals surface area contributed by atoms with E-state index in [1.807, 2.05) is 0 Å². The number of halogens is 4. The molecule has 1 aliphatic carbocycles. The van der Waals surface area contributed by atoms with Gasteiger partial charge in [0.15, 0.2) is 0 Å². The van der Waals surface area contributed by atoms with Crippen LogP contribution in [0.5, 0.6) is 0 Å². The first-order chi connectivity index (χ1) is 5.46. The lowest BCUT2D eigenvalue weighted by Gasteiger charge is -2.16. The molecule has 0 saturated carbocycles. The molecule has 0 aromatic rings. The zero-order chi connectivity index (χ0) is 9.35. The summed E-state index contributed by atoms with van der Waals surface area (Å²) < 4.78 is 36.9. The largest absolute Gasteiger partial charge is 0.415 e. The second-order valence-corrected chi connectivity index (χ2v) is 3.24. The summed E-state index contributed by atoms with van der Waals surface area (Å²) in [7, 11) is 1.49. The molecule has 0 aliphatic heterocycles. The van der Waals surface area contributed by atoms with E-state index in [9.17, 15) is 13.2 Å². The molecule has 0 radical (unpaired) electrons. The first kappa shape index (κ1) is 9.80. The fourth-order valence-electron chi connectivity index (χ4n) is 1.07. The highest BCUT2D eigenvalue weighted by Gasteiger charge is 2.40. The Hall–Kier alpha value is -0.290. The van der Waals surface area contributed by atoms with Crippen LogP contribution in [0.15, 0.2) is 22.2 Å². The van der Waals surface area contributed by atoms with Crippen LogP contribution in [0.2, 0.25) is 0 Å². The number of rotatable bonds is 1. The van der Waals surface area contributed by atoms with Gasteiger partial charge < -0.3 is 5.32 Å². The van der Waals surface area contributed by atoms with Crippen molar-refractivity contribution < 1.29 is 13.2 Å². The average Bonchev–Trinajstić information content (AvgIpc) is 2.29. The predicted molar refractivity (Wildman–Crippen MR) is 44.0 cm³/mol. The molecule has 1 N–H and O–H groups in total. The molecule has 0 amide bonds. The molecule has 0 aromatic heterocycles. The Kier molecular flexibility index (Phi) is 2.63. The lowest BCUT2D eigenvalue weighted by Crippen LogP contribution is -2.31. The van der Waals surface area contributed by atoms with Gasteiger partial charge in [0.1, 0.15) is 0 Å². The van der Waals surface area contributed by atoms with Crippen LogP contribution in [0.1, 0.15) is 0 Å². The maximum absolute atomic E-state index is 12.3. The van der Waals surface area contributed by atoms with E-state index in [0.29, 0.717) is 0 Å². The van der Waals surface area contributed by atoms with Crippen LogP contribution >= 0.6 is 15.9 Å². The fourth-order valence-corrected chi connectivity index (χ4v) is 1.69. The minimum atomic E-state index is -4.27. The van der Waals surface area contributed by atoms with Crippen molar-refractivity contribution in [1.82, 2.24) is 5.32 Å². The average molecular weight is 242 g/mol. The van der Waals surface area contributed by atoms with Crippen molar-refractivity contribution >= 4 is 15.9 Å². The molecule has 1 nitrogen and oxygen atoms in total. The second kappa shape index (κ2) is 3.22. The van der Waals surface area contributed by atoms with Crippen LogP contribution in [0, 0.1) is 0 Å². The Labute approximate surface area is 76.5 Å². The third-order valence-corrected chi connectivity index (χ3v) is 2.31. The van der Waals surface area contributed by atoms with E-state index in [0.717, 1.165) is 0 Å². The van der Waals surface area contributed by atoms with Crippen LogP contribution in [-0.2, 0) is 0 Å². The Morgan fingerprint density at radius 1 is 1.50 bits per heavy atom. The maximum Gasteiger partial charge on any atom is 0.415 e. The zero-order valence-electron chi connectivity index (χ0n) is 6.24. The van der Waals surface area contributed by atoms with Gasteiger partial charge in [-0.25, -0.2) is 0 Å². The number of likely N-dealkylation sites (N-methyl/N-ethyl adjacent to an activating group) is 1. The van der Waals surface area contributed by atoms with Gasteiger partial charge in [0.2, 0.25) is 0 Å².